The molecule has 0 atom stereocenters. The largest absolute Gasteiger partial charge is 0.486 e. The molecule has 0 aliphatic carbocycles. The van der Waals surface area contributed by atoms with Crippen LogP contribution in [-0.2, 0) is 13.2 Å². The predicted molar refractivity (Wildman–Crippen MR) is 85.3 cm³/mol. The third kappa shape index (κ3) is 3.29. The van der Waals surface area contributed by atoms with Gasteiger partial charge in [-0.1, -0.05) is 0 Å². The summed E-state index contributed by atoms with van der Waals surface area (Å²) in [5, 5.41) is 9.45. The minimum absolute atomic E-state index is 0.0527. The number of hydrogen-bond acceptors (Lipinski definition) is 4. The molecular weight excluding hydrogens is 332 g/mol. The number of carbonyl (C=O) groups is 1. The summed E-state index contributed by atoms with van der Waals surface area (Å²) >= 11 is 0. The van der Waals surface area contributed by atoms with E-state index in [4.69, 9.17) is 9.94 Å². The number of rotatable bonds is 5. The van der Waals surface area contributed by atoms with Crippen LogP contribution in [0.1, 0.15) is 23.0 Å². The zero-order chi connectivity index (χ0) is 18.0. The number of hydrogen-bond donors (Lipinski definition) is 2. The number of nitrogens with zero attached hydrogens (tertiary/aromatic N) is 2. The molecule has 0 radical (unpaired) electrons. The molecule has 0 saturated carbocycles. The fourth-order valence-corrected chi connectivity index (χ4v) is 2.56. The van der Waals surface area contributed by atoms with E-state index in [1.807, 2.05) is 17.7 Å². The monoisotopic (exact) mass is 347 g/mol. The number of hydroxylamine groups is 1. The molecule has 3 aromatic rings. The van der Waals surface area contributed by atoms with Gasteiger partial charge in [0.15, 0.2) is 11.6 Å². The first-order valence-electron chi connectivity index (χ1n) is 7.53. The summed E-state index contributed by atoms with van der Waals surface area (Å²) in [4.78, 5) is 15.5. The molecular formula is C17H15F2N3O3. The zero-order valence-electron chi connectivity index (χ0n) is 13.3. The van der Waals surface area contributed by atoms with Crippen LogP contribution < -0.4 is 10.2 Å². The quantitative estimate of drug-likeness (QED) is 0.549. The van der Waals surface area contributed by atoms with Crippen LogP contribution in [0.5, 0.6) is 5.75 Å². The predicted octanol–water partition coefficient (Wildman–Crippen LogP) is 3.03. The number of fused-ring (bicyclic) bond motifs is 1. The van der Waals surface area contributed by atoms with Crippen LogP contribution in [0.2, 0.25) is 0 Å². The van der Waals surface area contributed by atoms with Gasteiger partial charge in [-0.25, -0.2) is 14.3 Å². The van der Waals surface area contributed by atoms with Crippen LogP contribution in [0.15, 0.2) is 36.7 Å². The van der Waals surface area contributed by atoms with E-state index >= 15 is 0 Å². The molecule has 0 aliphatic rings. The lowest BCUT2D eigenvalue weighted by Gasteiger charge is -2.06. The molecule has 130 valence electrons. The molecule has 6 nitrogen and oxygen atoms in total. The molecule has 0 unspecified atom stereocenters. The number of aryl methyl sites for hydroxylation is 1. The molecule has 2 aromatic heterocycles. The number of halogens is 2. The van der Waals surface area contributed by atoms with E-state index in [0.717, 1.165) is 28.6 Å². The SMILES string of the molecule is CCn1cc(COc2ccc(F)cc2F)c2cnc(C(=O)NO)cc21. The van der Waals surface area contributed by atoms with E-state index in [1.165, 1.54) is 17.7 Å². The lowest BCUT2D eigenvalue weighted by molar-refractivity contribution is 0.0701. The van der Waals surface area contributed by atoms with E-state index in [1.54, 1.807) is 6.07 Å². The summed E-state index contributed by atoms with van der Waals surface area (Å²) in [5.41, 5.74) is 3.08. The highest BCUT2D eigenvalue weighted by Crippen LogP contribution is 2.25. The second-order valence-corrected chi connectivity index (χ2v) is 5.33. The highest BCUT2D eigenvalue weighted by molar-refractivity contribution is 5.95. The molecule has 3 rings (SSSR count). The van der Waals surface area contributed by atoms with Crippen molar-refractivity contribution in [2.75, 3.05) is 0 Å². The number of ether oxygens (including phenoxy) is 1. The molecule has 8 heteroatoms. The Hall–Kier alpha value is -3.00. The van der Waals surface area contributed by atoms with Gasteiger partial charge in [0.1, 0.15) is 18.1 Å². The Balaban J connectivity index is 1.92. The van der Waals surface area contributed by atoms with Gasteiger partial charge in [-0.2, -0.15) is 0 Å². The number of carbonyl (C=O) groups excluding carboxylic acids is 1. The average molecular weight is 347 g/mol. The molecule has 2 N–H and O–H groups in total. The fraction of sp³-hybridized carbons (Fsp3) is 0.176. The van der Waals surface area contributed by atoms with Crippen LogP contribution in [0, 0.1) is 11.6 Å². The molecule has 1 aromatic carbocycles. The summed E-state index contributed by atoms with van der Waals surface area (Å²) in [6.45, 7) is 2.61. The normalized spacial score (nSPS) is 10.9. The van der Waals surface area contributed by atoms with Crippen molar-refractivity contribution in [2.24, 2.45) is 0 Å². The maximum Gasteiger partial charge on any atom is 0.293 e. The van der Waals surface area contributed by atoms with Crippen molar-refractivity contribution in [1.82, 2.24) is 15.0 Å². The Bertz CT molecular complexity index is 940. The Labute approximate surface area is 141 Å². The topological polar surface area (TPSA) is 76.4 Å². The van der Waals surface area contributed by atoms with Crippen molar-refractivity contribution in [3.8, 4) is 5.75 Å². The third-order valence-corrected chi connectivity index (χ3v) is 3.80. The van der Waals surface area contributed by atoms with E-state index in [-0.39, 0.29) is 18.1 Å². The molecule has 0 aliphatic heterocycles. The van der Waals surface area contributed by atoms with Gasteiger partial charge in [-0.3, -0.25) is 15.0 Å². The van der Waals surface area contributed by atoms with Gasteiger partial charge >= 0.3 is 0 Å². The average Bonchev–Trinajstić information content (AvgIpc) is 2.97. The van der Waals surface area contributed by atoms with Crippen LogP contribution in [0.25, 0.3) is 10.9 Å². The fourth-order valence-electron chi connectivity index (χ4n) is 2.56. The van der Waals surface area contributed by atoms with Crippen molar-refractivity contribution >= 4 is 16.8 Å². The van der Waals surface area contributed by atoms with Crippen molar-refractivity contribution in [2.45, 2.75) is 20.1 Å². The molecule has 1 amide bonds. The van der Waals surface area contributed by atoms with Gasteiger partial charge in [0.05, 0.1) is 5.52 Å². The maximum atomic E-state index is 13.7. The summed E-state index contributed by atoms with van der Waals surface area (Å²) in [5.74, 6) is -2.22. The van der Waals surface area contributed by atoms with E-state index in [9.17, 15) is 13.6 Å². The van der Waals surface area contributed by atoms with Gasteiger partial charge < -0.3 is 9.30 Å². The highest BCUT2D eigenvalue weighted by Gasteiger charge is 2.14. The molecule has 0 saturated heterocycles. The smallest absolute Gasteiger partial charge is 0.293 e. The van der Waals surface area contributed by atoms with Gasteiger partial charge in [-0.05, 0) is 25.1 Å². The van der Waals surface area contributed by atoms with Gasteiger partial charge in [-0.15, -0.1) is 0 Å². The van der Waals surface area contributed by atoms with E-state index in [2.05, 4.69) is 4.98 Å². The molecule has 2 heterocycles. The summed E-state index contributed by atoms with van der Waals surface area (Å²) < 4.78 is 33.9. The van der Waals surface area contributed by atoms with E-state index in [0.29, 0.717) is 6.54 Å². The number of benzene rings is 1. The standard InChI is InChI=1S/C17H15F2N3O3/c1-2-22-8-10(9-25-16-4-3-11(18)5-13(16)19)12-7-20-14(6-15(12)22)17(23)21-24/h3-8,24H,2,9H2,1H3,(H,21,23). The van der Waals surface area contributed by atoms with Crippen molar-refractivity contribution in [1.29, 1.82) is 0 Å². The molecule has 0 fully saturated rings. The lowest BCUT2D eigenvalue weighted by Crippen LogP contribution is -2.19. The minimum Gasteiger partial charge on any atom is -0.486 e. The number of nitrogens with one attached hydrogen (secondary N) is 1. The van der Waals surface area contributed by atoms with Crippen molar-refractivity contribution in [3.05, 3.63) is 59.6 Å². The summed E-state index contributed by atoms with van der Waals surface area (Å²) in [6, 6.07) is 4.65. The van der Waals surface area contributed by atoms with Gasteiger partial charge in [0.25, 0.3) is 5.91 Å². The first-order chi connectivity index (χ1) is 12.0. The van der Waals surface area contributed by atoms with E-state index < -0.39 is 17.5 Å². The Morgan fingerprint density at radius 2 is 2.16 bits per heavy atom. The first kappa shape index (κ1) is 16.8. The van der Waals surface area contributed by atoms with Crippen LogP contribution in [0.3, 0.4) is 0 Å². The van der Waals surface area contributed by atoms with Crippen LogP contribution >= 0.6 is 0 Å². The summed E-state index contributed by atoms with van der Waals surface area (Å²) in [7, 11) is 0. The molecule has 0 spiro atoms. The Morgan fingerprint density at radius 1 is 1.36 bits per heavy atom. The summed E-state index contributed by atoms with van der Waals surface area (Å²) in [6.07, 6.45) is 3.31. The third-order valence-electron chi connectivity index (χ3n) is 3.80. The van der Waals surface area contributed by atoms with Crippen LogP contribution in [0.4, 0.5) is 8.78 Å². The number of amides is 1. The highest BCUT2D eigenvalue weighted by atomic mass is 19.1. The van der Waals surface area contributed by atoms with Crippen molar-refractivity contribution in [3.63, 3.8) is 0 Å². The second kappa shape index (κ2) is 6.86. The lowest BCUT2D eigenvalue weighted by atomic mass is 10.2. The molecule has 25 heavy (non-hydrogen) atoms. The van der Waals surface area contributed by atoms with Gasteiger partial charge in [0, 0.05) is 36.0 Å². The van der Waals surface area contributed by atoms with Crippen LogP contribution in [-0.4, -0.2) is 20.7 Å². The second-order valence-electron chi connectivity index (χ2n) is 5.33. The number of aromatic nitrogens is 2. The van der Waals surface area contributed by atoms with Crippen molar-refractivity contribution < 1.29 is 23.5 Å². The Morgan fingerprint density at radius 3 is 2.84 bits per heavy atom. The maximum absolute atomic E-state index is 13.7. The van der Waals surface area contributed by atoms with Gasteiger partial charge in [0.2, 0.25) is 0 Å². The minimum atomic E-state index is -0.778. The zero-order valence-corrected chi connectivity index (χ0v) is 13.3. The molecule has 0 bridgehead atoms. The Kier molecular flexibility index (Phi) is 4.62. The first-order valence-corrected chi connectivity index (χ1v) is 7.53. The number of pyridine rings is 1.